The Hall–Kier alpha value is -2.03. The second kappa shape index (κ2) is 8.77. The van der Waals surface area contributed by atoms with E-state index < -0.39 is 28.0 Å². The number of ether oxygens (including phenoxy) is 1. The number of hydrogen-bond donors (Lipinski definition) is 0. The van der Waals surface area contributed by atoms with Crippen molar-refractivity contribution in [2.75, 3.05) is 13.1 Å². The summed E-state index contributed by atoms with van der Waals surface area (Å²) in [6.45, 7) is 5.75. The van der Waals surface area contributed by atoms with Crippen LogP contribution in [0.15, 0.2) is 39.9 Å². The number of hydrogen-bond acceptors (Lipinski definition) is 6. The summed E-state index contributed by atoms with van der Waals surface area (Å²) in [6.07, 6.45) is 0.191. The van der Waals surface area contributed by atoms with Crippen LogP contribution in [0.25, 0.3) is 0 Å². The molecule has 0 amide bonds. The van der Waals surface area contributed by atoms with Crippen molar-refractivity contribution in [3.63, 3.8) is 0 Å². The maximum absolute atomic E-state index is 12.7. The average molecular weight is 436 g/mol. The van der Waals surface area contributed by atoms with Gasteiger partial charge in [-0.1, -0.05) is 23.8 Å². The molecule has 3 rings (SSSR count). The first-order chi connectivity index (χ1) is 13.7. The van der Waals surface area contributed by atoms with Crippen LogP contribution in [0.3, 0.4) is 0 Å². The van der Waals surface area contributed by atoms with E-state index in [-0.39, 0.29) is 16.5 Å². The van der Waals surface area contributed by atoms with E-state index in [1.165, 1.54) is 4.31 Å². The maximum atomic E-state index is 12.7. The van der Waals surface area contributed by atoms with Gasteiger partial charge >= 0.3 is 5.97 Å². The molecule has 0 radical (unpaired) electrons. The molecule has 0 aliphatic carbocycles. The molecule has 6 nitrogen and oxygen atoms in total. The molecule has 2 heterocycles. The summed E-state index contributed by atoms with van der Waals surface area (Å²) in [5.41, 5.74) is 2.32. The highest BCUT2D eigenvalue weighted by atomic mass is 32.2. The predicted octanol–water partition coefficient (Wildman–Crippen LogP) is 3.58. The Morgan fingerprint density at radius 3 is 2.69 bits per heavy atom. The van der Waals surface area contributed by atoms with Crippen LogP contribution in [0, 0.1) is 19.8 Å². The molecule has 1 fully saturated rings. The molecule has 2 aromatic rings. The lowest BCUT2D eigenvalue weighted by Gasteiger charge is -2.30. The van der Waals surface area contributed by atoms with Gasteiger partial charge in [0.1, 0.15) is 4.21 Å². The van der Waals surface area contributed by atoms with Crippen LogP contribution >= 0.6 is 11.3 Å². The van der Waals surface area contributed by atoms with Crippen LogP contribution < -0.4 is 0 Å². The molecule has 0 N–H and O–H groups in total. The second-order valence-corrected chi connectivity index (χ2v) is 10.5. The fourth-order valence-corrected chi connectivity index (χ4v) is 6.10. The Bertz CT molecular complexity index is 998. The first-order valence-corrected chi connectivity index (χ1v) is 11.9. The number of benzene rings is 1. The predicted molar refractivity (Wildman–Crippen MR) is 112 cm³/mol. The molecular weight excluding hydrogens is 410 g/mol. The fraction of sp³-hybridized carbons (Fsp3) is 0.429. The highest BCUT2D eigenvalue weighted by molar-refractivity contribution is 7.91. The monoisotopic (exact) mass is 435 g/mol. The molecule has 0 saturated carbocycles. The Labute approximate surface area is 175 Å². The third-order valence-electron chi connectivity index (χ3n) is 5.13. The third kappa shape index (κ3) is 4.76. The van der Waals surface area contributed by atoms with Crippen LogP contribution in [0.2, 0.25) is 0 Å². The second-order valence-electron chi connectivity index (χ2n) is 7.40. The molecule has 2 atom stereocenters. The van der Waals surface area contributed by atoms with Crippen molar-refractivity contribution in [3.05, 3.63) is 52.4 Å². The SMILES string of the molecule is Cc1ccc(C)c(C(=O)[C@H](C)OC(=O)[C@@H]2CCCN(S(=O)(=O)c3cccs3)C2)c1. The standard InChI is InChI=1S/C21H25NO5S2/c1-14-8-9-15(2)18(12-14)20(23)16(3)27-21(24)17-6-4-10-22(13-17)29(25,26)19-7-5-11-28-19/h5,7-9,11-12,16-17H,4,6,10,13H2,1-3H3/t16-,17+/m0/s1. The molecule has 0 unspecified atom stereocenters. The first-order valence-electron chi connectivity index (χ1n) is 9.55. The number of ketones is 1. The van der Waals surface area contributed by atoms with Gasteiger partial charge < -0.3 is 4.74 Å². The van der Waals surface area contributed by atoms with Crippen molar-refractivity contribution in [3.8, 4) is 0 Å². The number of thiophene rings is 1. The topological polar surface area (TPSA) is 80.8 Å². The Balaban J connectivity index is 1.67. The maximum Gasteiger partial charge on any atom is 0.310 e. The minimum atomic E-state index is -3.61. The molecular formula is C21H25NO5S2. The van der Waals surface area contributed by atoms with Crippen molar-refractivity contribution in [2.45, 2.75) is 43.9 Å². The molecule has 0 spiro atoms. The van der Waals surface area contributed by atoms with Crippen LogP contribution in [0.4, 0.5) is 0 Å². The summed E-state index contributed by atoms with van der Waals surface area (Å²) in [7, 11) is -3.61. The van der Waals surface area contributed by atoms with Crippen molar-refractivity contribution in [2.24, 2.45) is 5.92 Å². The minimum absolute atomic E-state index is 0.0729. The Morgan fingerprint density at radius 1 is 1.24 bits per heavy atom. The van der Waals surface area contributed by atoms with Gasteiger partial charge in [0.25, 0.3) is 10.0 Å². The normalized spacial score (nSPS) is 18.9. The van der Waals surface area contributed by atoms with Crippen molar-refractivity contribution in [1.82, 2.24) is 4.31 Å². The van der Waals surface area contributed by atoms with Crippen LogP contribution in [0.5, 0.6) is 0 Å². The lowest BCUT2D eigenvalue weighted by atomic mass is 9.98. The fourth-order valence-electron chi connectivity index (χ4n) is 3.43. The van der Waals surface area contributed by atoms with E-state index in [0.717, 1.165) is 22.5 Å². The molecule has 29 heavy (non-hydrogen) atoms. The Kier molecular flexibility index (Phi) is 6.55. The van der Waals surface area contributed by atoms with Gasteiger partial charge in [-0.3, -0.25) is 9.59 Å². The lowest BCUT2D eigenvalue weighted by molar-refractivity contribution is -0.152. The highest BCUT2D eigenvalue weighted by Crippen LogP contribution is 2.27. The van der Waals surface area contributed by atoms with Crippen LogP contribution in [-0.4, -0.2) is 43.7 Å². The number of Topliss-reactive ketones (excluding diaryl/α,β-unsaturated/α-hetero) is 1. The van der Waals surface area contributed by atoms with Gasteiger partial charge in [0.2, 0.25) is 5.78 Å². The number of aryl methyl sites for hydroxylation is 2. The zero-order chi connectivity index (χ0) is 21.2. The molecule has 1 aromatic carbocycles. The molecule has 0 bridgehead atoms. The molecule has 1 aliphatic rings. The van der Waals surface area contributed by atoms with Crippen LogP contribution in [-0.2, 0) is 19.6 Å². The summed E-state index contributed by atoms with van der Waals surface area (Å²) < 4.78 is 32.5. The van der Waals surface area contributed by atoms with Crippen LogP contribution in [0.1, 0.15) is 41.3 Å². The zero-order valence-corrected chi connectivity index (χ0v) is 18.4. The molecule has 156 valence electrons. The number of nitrogens with zero attached hydrogens (tertiary/aromatic N) is 1. The molecule has 1 aromatic heterocycles. The van der Waals surface area contributed by atoms with Gasteiger partial charge in [-0.15, -0.1) is 11.3 Å². The van der Waals surface area contributed by atoms with E-state index in [0.29, 0.717) is 24.9 Å². The van der Waals surface area contributed by atoms with E-state index in [2.05, 4.69) is 0 Å². The van der Waals surface area contributed by atoms with Gasteiger partial charge in [-0.05, 0) is 56.7 Å². The van der Waals surface area contributed by atoms with E-state index in [9.17, 15) is 18.0 Å². The van der Waals surface area contributed by atoms with Gasteiger partial charge in [0.05, 0.1) is 5.92 Å². The number of rotatable bonds is 6. The summed E-state index contributed by atoms with van der Waals surface area (Å²) in [4.78, 5) is 25.4. The third-order valence-corrected chi connectivity index (χ3v) is 8.37. The number of carbonyl (C=O) groups is 2. The molecule has 1 saturated heterocycles. The number of piperidine rings is 1. The van der Waals surface area contributed by atoms with Gasteiger partial charge in [-0.25, -0.2) is 8.42 Å². The smallest absolute Gasteiger partial charge is 0.310 e. The van der Waals surface area contributed by atoms with Gasteiger partial charge in [0, 0.05) is 18.7 Å². The largest absolute Gasteiger partial charge is 0.454 e. The minimum Gasteiger partial charge on any atom is -0.454 e. The van der Waals surface area contributed by atoms with Crippen molar-refractivity contribution in [1.29, 1.82) is 0 Å². The number of sulfonamides is 1. The summed E-state index contributed by atoms with van der Waals surface area (Å²) >= 11 is 1.16. The molecule has 1 aliphatic heterocycles. The summed E-state index contributed by atoms with van der Waals surface area (Å²) in [5.74, 6) is -1.35. The average Bonchev–Trinajstić information content (AvgIpc) is 3.25. The lowest BCUT2D eigenvalue weighted by Crippen LogP contribution is -2.43. The Morgan fingerprint density at radius 2 is 2.00 bits per heavy atom. The van der Waals surface area contributed by atoms with Gasteiger partial charge in [0.15, 0.2) is 6.10 Å². The molecule has 8 heteroatoms. The van der Waals surface area contributed by atoms with Gasteiger partial charge in [-0.2, -0.15) is 4.31 Å². The zero-order valence-electron chi connectivity index (χ0n) is 16.8. The quantitative estimate of drug-likeness (QED) is 0.512. The van der Waals surface area contributed by atoms with Crippen molar-refractivity contribution < 1.29 is 22.7 Å². The van der Waals surface area contributed by atoms with Crippen molar-refractivity contribution >= 4 is 33.1 Å². The number of esters is 1. The number of carbonyl (C=O) groups excluding carboxylic acids is 2. The first kappa shape index (κ1) is 21.7. The highest BCUT2D eigenvalue weighted by Gasteiger charge is 2.35. The summed E-state index contributed by atoms with van der Waals surface area (Å²) in [6, 6.07) is 8.83. The van der Waals surface area contributed by atoms with E-state index >= 15 is 0 Å². The van der Waals surface area contributed by atoms with E-state index in [1.54, 1.807) is 30.5 Å². The van der Waals surface area contributed by atoms with E-state index in [1.807, 2.05) is 26.0 Å². The van der Waals surface area contributed by atoms with E-state index in [4.69, 9.17) is 4.74 Å². The summed E-state index contributed by atoms with van der Waals surface area (Å²) in [5, 5.41) is 1.71.